The van der Waals surface area contributed by atoms with E-state index in [4.69, 9.17) is 30.6 Å². The molecule has 4 aliphatic rings. The average Bonchev–Trinajstić information content (AvgIpc) is 3.26. The minimum Gasteiger partial charge on any atom is -0.388 e. The summed E-state index contributed by atoms with van der Waals surface area (Å²) in [5.41, 5.74) is 6.61. The number of primary amides is 1. The lowest BCUT2D eigenvalue weighted by atomic mass is 9.80. The molecule has 3 heterocycles. The second-order valence-electron chi connectivity index (χ2n) is 12.5. The van der Waals surface area contributed by atoms with E-state index in [1.807, 2.05) is 0 Å². The first-order valence-electron chi connectivity index (χ1n) is 15.4. The van der Waals surface area contributed by atoms with Crippen LogP contribution in [0.4, 0.5) is 16.6 Å². The van der Waals surface area contributed by atoms with E-state index in [9.17, 15) is 4.79 Å². The second kappa shape index (κ2) is 11.5. The van der Waals surface area contributed by atoms with Crippen molar-refractivity contribution in [3.05, 3.63) is 5.82 Å². The molecular formula is C29H44N8O3. The van der Waals surface area contributed by atoms with Crippen molar-refractivity contribution in [2.45, 2.75) is 109 Å². The van der Waals surface area contributed by atoms with E-state index in [0.717, 1.165) is 43.3 Å². The van der Waals surface area contributed by atoms with Gasteiger partial charge in [0, 0.05) is 19.1 Å². The van der Waals surface area contributed by atoms with Gasteiger partial charge in [-0.2, -0.15) is 4.98 Å². The Hall–Kier alpha value is -2.95. The molecular weight excluding hydrogens is 508 g/mol. The zero-order valence-electron chi connectivity index (χ0n) is 23.9. The first-order chi connectivity index (χ1) is 19.4. The Balaban J connectivity index is 1.46. The lowest BCUT2D eigenvalue weighted by Gasteiger charge is -2.44. The fourth-order valence-electron chi connectivity index (χ4n) is 7.15. The van der Waals surface area contributed by atoms with Crippen LogP contribution in [-0.4, -0.2) is 62.8 Å². The maximum atomic E-state index is 11.4. The van der Waals surface area contributed by atoms with Crippen molar-refractivity contribution in [2.24, 2.45) is 23.5 Å². The SMILES string of the molecule is C[C@@H](Nc1nc(C(=N)OC(N)=O)nc2nc(N3CCOC4CCCCC43)n(C[C@H]3CC[C@H](C)CC3)c12)C1CCC1. The third-order valence-electron chi connectivity index (χ3n) is 9.78. The smallest absolute Gasteiger partial charge is 0.388 e. The van der Waals surface area contributed by atoms with Gasteiger partial charge < -0.3 is 30.0 Å². The van der Waals surface area contributed by atoms with Crippen molar-refractivity contribution in [1.29, 1.82) is 5.41 Å². The number of amides is 1. The molecule has 218 valence electrons. The number of nitrogens with zero attached hydrogens (tertiary/aromatic N) is 5. The number of nitrogens with two attached hydrogens (primary N) is 1. The third kappa shape index (κ3) is 5.49. The highest BCUT2D eigenvalue weighted by Gasteiger charge is 2.38. The number of ether oxygens (including phenoxy) is 2. The van der Waals surface area contributed by atoms with Crippen molar-refractivity contribution >= 4 is 34.9 Å². The summed E-state index contributed by atoms with van der Waals surface area (Å²) in [5.74, 6) is 3.02. The van der Waals surface area contributed by atoms with E-state index in [2.05, 4.69) is 33.6 Å². The number of rotatable bonds is 7. The molecule has 0 radical (unpaired) electrons. The Bertz CT molecular complexity index is 1230. The molecule has 11 nitrogen and oxygen atoms in total. The molecule has 4 N–H and O–H groups in total. The van der Waals surface area contributed by atoms with Crippen LogP contribution in [0.5, 0.6) is 0 Å². The largest absolute Gasteiger partial charge is 0.411 e. The van der Waals surface area contributed by atoms with Crippen molar-refractivity contribution in [3.63, 3.8) is 0 Å². The number of aromatic nitrogens is 4. The summed E-state index contributed by atoms with van der Waals surface area (Å²) in [4.78, 5) is 28.5. The van der Waals surface area contributed by atoms with E-state index in [1.165, 1.54) is 57.8 Å². The monoisotopic (exact) mass is 552 g/mol. The normalized spacial score (nSPS) is 28.0. The van der Waals surface area contributed by atoms with Gasteiger partial charge in [0.25, 0.3) is 5.90 Å². The van der Waals surface area contributed by atoms with Gasteiger partial charge in [0.05, 0.1) is 18.8 Å². The van der Waals surface area contributed by atoms with Crippen molar-refractivity contribution in [1.82, 2.24) is 19.5 Å². The first-order valence-corrected chi connectivity index (χ1v) is 15.4. The number of hydrogen-bond donors (Lipinski definition) is 3. The standard InChI is InChI=1S/C29H44N8O3/c1-17-10-12-19(13-11-17)16-37-23-25(32-18(2)20-6-5-7-20)33-27(24(30)40-28(31)38)34-26(23)35-29(37)36-14-15-39-22-9-4-3-8-21(22)36/h17-22,30H,3-16H2,1-2H3,(H2,31,38)(H,32,33,34)/t17-,18-,19-,21?,22?/m1/s1. The molecule has 2 aromatic rings. The number of nitrogens with one attached hydrogen (secondary N) is 2. The fourth-order valence-corrected chi connectivity index (χ4v) is 7.15. The van der Waals surface area contributed by atoms with Gasteiger partial charge in [-0.15, -0.1) is 0 Å². The molecule has 3 saturated carbocycles. The lowest BCUT2D eigenvalue weighted by Crippen LogP contribution is -2.53. The topological polar surface area (TPSA) is 144 Å². The third-order valence-corrected chi connectivity index (χ3v) is 9.78. The molecule has 3 atom stereocenters. The summed E-state index contributed by atoms with van der Waals surface area (Å²) in [6, 6.07) is 0.498. The van der Waals surface area contributed by atoms with Crippen LogP contribution in [-0.2, 0) is 16.0 Å². The van der Waals surface area contributed by atoms with Crippen LogP contribution < -0.4 is 16.0 Å². The molecule has 3 aliphatic carbocycles. The van der Waals surface area contributed by atoms with Crippen LogP contribution in [0.1, 0.15) is 90.3 Å². The number of carbonyl (C=O) groups excluding carboxylic acids is 1. The minimum absolute atomic E-state index is 0.00909. The van der Waals surface area contributed by atoms with Crippen LogP contribution in [0.25, 0.3) is 11.2 Å². The van der Waals surface area contributed by atoms with Crippen LogP contribution in [0.3, 0.4) is 0 Å². The molecule has 1 amide bonds. The second-order valence-corrected chi connectivity index (χ2v) is 12.5. The molecule has 40 heavy (non-hydrogen) atoms. The van der Waals surface area contributed by atoms with Gasteiger partial charge in [0.15, 0.2) is 11.5 Å². The molecule has 0 bridgehead atoms. The van der Waals surface area contributed by atoms with Crippen LogP contribution >= 0.6 is 0 Å². The summed E-state index contributed by atoms with van der Waals surface area (Å²) in [6.07, 6.45) is 12.3. The van der Waals surface area contributed by atoms with Gasteiger partial charge in [-0.1, -0.05) is 39.0 Å². The van der Waals surface area contributed by atoms with E-state index < -0.39 is 12.0 Å². The molecule has 11 heteroatoms. The Morgan fingerprint density at radius 2 is 1.88 bits per heavy atom. The summed E-state index contributed by atoms with van der Waals surface area (Å²) in [5, 5.41) is 12.0. The fraction of sp³-hybridized carbons (Fsp3) is 0.759. The number of hydrogen-bond acceptors (Lipinski definition) is 9. The highest BCUT2D eigenvalue weighted by Crippen LogP contribution is 2.38. The molecule has 2 unspecified atom stereocenters. The van der Waals surface area contributed by atoms with Crippen LogP contribution in [0, 0.1) is 23.2 Å². The van der Waals surface area contributed by atoms with Gasteiger partial charge in [0.1, 0.15) is 5.52 Å². The van der Waals surface area contributed by atoms with E-state index in [-0.39, 0.29) is 18.0 Å². The molecule has 1 aliphatic heterocycles. The highest BCUT2D eigenvalue weighted by molar-refractivity contribution is 5.98. The number of carbonyl (C=O) groups is 1. The van der Waals surface area contributed by atoms with Gasteiger partial charge in [0.2, 0.25) is 11.8 Å². The number of imidazole rings is 1. The Morgan fingerprint density at radius 3 is 2.60 bits per heavy atom. The van der Waals surface area contributed by atoms with Gasteiger partial charge in [-0.25, -0.2) is 14.8 Å². The van der Waals surface area contributed by atoms with Crippen LogP contribution in [0.2, 0.25) is 0 Å². The molecule has 1 saturated heterocycles. The van der Waals surface area contributed by atoms with E-state index in [1.54, 1.807) is 0 Å². The highest BCUT2D eigenvalue weighted by atomic mass is 16.6. The summed E-state index contributed by atoms with van der Waals surface area (Å²) in [6.45, 7) is 6.88. The van der Waals surface area contributed by atoms with Gasteiger partial charge in [-0.05, 0) is 63.2 Å². The van der Waals surface area contributed by atoms with Gasteiger partial charge >= 0.3 is 6.09 Å². The first kappa shape index (κ1) is 27.2. The molecule has 4 fully saturated rings. The molecule has 6 rings (SSSR count). The number of morpholine rings is 1. The summed E-state index contributed by atoms with van der Waals surface area (Å²) in [7, 11) is 0. The molecule has 0 aromatic carbocycles. The van der Waals surface area contributed by atoms with Crippen molar-refractivity contribution in [3.8, 4) is 0 Å². The zero-order valence-corrected chi connectivity index (χ0v) is 23.9. The maximum absolute atomic E-state index is 11.4. The van der Waals surface area contributed by atoms with E-state index in [0.29, 0.717) is 35.9 Å². The summed E-state index contributed by atoms with van der Waals surface area (Å²) < 4.78 is 13.5. The minimum atomic E-state index is -1.06. The molecule has 2 aromatic heterocycles. The average molecular weight is 553 g/mol. The van der Waals surface area contributed by atoms with Crippen molar-refractivity contribution in [2.75, 3.05) is 23.4 Å². The summed E-state index contributed by atoms with van der Waals surface area (Å²) >= 11 is 0. The van der Waals surface area contributed by atoms with E-state index >= 15 is 0 Å². The maximum Gasteiger partial charge on any atom is 0.411 e. The Morgan fingerprint density at radius 1 is 1.10 bits per heavy atom. The lowest BCUT2D eigenvalue weighted by molar-refractivity contribution is -0.00958. The zero-order chi connectivity index (χ0) is 27.8. The quantitative estimate of drug-likeness (QED) is 0.327. The predicted octanol–water partition coefficient (Wildman–Crippen LogP) is 4.82. The number of anilines is 2. The van der Waals surface area contributed by atoms with Crippen molar-refractivity contribution < 1.29 is 14.3 Å². The molecule has 0 spiro atoms. The Kier molecular flexibility index (Phi) is 7.83. The van der Waals surface area contributed by atoms with Crippen LogP contribution in [0.15, 0.2) is 0 Å². The predicted molar refractivity (Wildman–Crippen MR) is 154 cm³/mol. The Labute approximate surface area is 236 Å². The van der Waals surface area contributed by atoms with Gasteiger partial charge in [-0.3, -0.25) is 5.41 Å². The number of fused-ring (bicyclic) bond motifs is 2.